The minimum atomic E-state index is -0.0730. The van der Waals surface area contributed by atoms with Crippen LogP contribution in [0.5, 0.6) is 5.75 Å². The SMILES string of the molecule is Cc1ccc(O)c2cc(C(C)C)c(=O)[nH]c12. The van der Waals surface area contributed by atoms with Gasteiger partial charge in [0, 0.05) is 10.9 Å². The van der Waals surface area contributed by atoms with E-state index >= 15 is 0 Å². The van der Waals surface area contributed by atoms with Crippen LogP contribution in [0.3, 0.4) is 0 Å². The maximum Gasteiger partial charge on any atom is 0.251 e. The Morgan fingerprint density at radius 2 is 2.00 bits per heavy atom. The number of benzene rings is 1. The van der Waals surface area contributed by atoms with E-state index < -0.39 is 0 Å². The number of rotatable bonds is 1. The van der Waals surface area contributed by atoms with E-state index in [1.807, 2.05) is 20.8 Å². The molecule has 1 aromatic carbocycles. The molecule has 1 aromatic heterocycles. The highest BCUT2D eigenvalue weighted by molar-refractivity contribution is 5.87. The number of aromatic hydroxyl groups is 1. The summed E-state index contributed by atoms with van der Waals surface area (Å²) in [5.74, 6) is 0.354. The molecule has 0 unspecified atom stereocenters. The molecule has 0 aliphatic rings. The van der Waals surface area contributed by atoms with Crippen molar-refractivity contribution in [3.63, 3.8) is 0 Å². The first-order valence-electron chi connectivity index (χ1n) is 5.36. The molecule has 3 heteroatoms. The van der Waals surface area contributed by atoms with Crippen LogP contribution >= 0.6 is 0 Å². The lowest BCUT2D eigenvalue weighted by atomic mass is 10.0. The molecule has 2 N–H and O–H groups in total. The van der Waals surface area contributed by atoms with E-state index in [2.05, 4.69) is 4.98 Å². The number of H-pyrrole nitrogens is 1. The Balaban J connectivity index is 2.89. The number of nitrogens with one attached hydrogen (secondary N) is 1. The van der Waals surface area contributed by atoms with Gasteiger partial charge in [-0.05, 0) is 30.5 Å². The van der Waals surface area contributed by atoms with Crippen LogP contribution in [0.4, 0.5) is 0 Å². The van der Waals surface area contributed by atoms with E-state index in [1.165, 1.54) is 0 Å². The summed E-state index contributed by atoms with van der Waals surface area (Å²) in [7, 11) is 0. The number of hydrogen-bond donors (Lipinski definition) is 2. The first-order chi connectivity index (χ1) is 7.50. The summed E-state index contributed by atoms with van der Waals surface area (Å²) in [5, 5.41) is 10.5. The molecule has 1 heterocycles. The molecule has 0 fully saturated rings. The van der Waals surface area contributed by atoms with Crippen LogP contribution < -0.4 is 5.56 Å². The second-order valence-electron chi connectivity index (χ2n) is 4.40. The van der Waals surface area contributed by atoms with Crippen LogP contribution in [-0.2, 0) is 0 Å². The van der Waals surface area contributed by atoms with Gasteiger partial charge in [-0.1, -0.05) is 19.9 Å². The summed E-state index contributed by atoms with van der Waals surface area (Å²) in [4.78, 5) is 14.6. The molecular formula is C13H15NO2. The van der Waals surface area contributed by atoms with E-state index in [4.69, 9.17) is 0 Å². The Morgan fingerprint density at radius 3 is 2.62 bits per heavy atom. The topological polar surface area (TPSA) is 53.1 Å². The maximum absolute atomic E-state index is 11.8. The van der Waals surface area contributed by atoms with E-state index in [0.29, 0.717) is 10.9 Å². The molecule has 2 rings (SSSR count). The highest BCUT2D eigenvalue weighted by atomic mass is 16.3. The van der Waals surface area contributed by atoms with Gasteiger partial charge >= 0.3 is 0 Å². The maximum atomic E-state index is 11.8. The van der Waals surface area contributed by atoms with Gasteiger partial charge < -0.3 is 10.1 Å². The molecule has 0 amide bonds. The summed E-state index contributed by atoms with van der Waals surface area (Å²) in [6.07, 6.45) is 0. The van der Waals surface area contributed by atoms with Crippen molar-refractivity contribution in [1.82, 2.24) is 4.98 Å². The Labute approximate surface area is 93.7 Å². The molecular weight excluding hydrogens is 202 g/mol. The minimum Gasteiger partial charge on any atom is -0.507 e. The van der Waals surface area contributed by atoms with Gasteiger partial charge in [0.05, 0.1) is 5.52 Å². The third-order valence-electron chi connectivity index (χ3n) is 2.85. The number of phenolic OH excluding ortho intramolecular Hbond substituents is 1. The lowest BCUT2D eigenvalue weighted by Crippen LogP contribution is -2.13. The van der Waals surface area contributed by atoms with Crippen molar-refractivity contribution in [2.75, 3.05) is 0 Å². The number of hydrogen-bond acceptors (Lipinski definition) is 2. The number of pyridine rings is 1. The van der Waals surface area contributed by atoms with E-state index in [0.717, 1.165) is 11.1 Å². The van der Waals surface area contributed by atoms with Gasteiger partial charge in [0.1, 0.15) is 5.75 Å². The van der Waals surface area contributed by atoms with E-state index in [9.17, 15) is 9.90 Å². The lowest BCUT2D eigenvalue weighted by Gasteiger charge is -2.09. The summed E-state index contributed by atoms with van der Waals surface area (Å²) in [6.45, 7) is 5.83. The van der Waals surface area contributed by atoms with Gasteiger partial charge in [-0.3, -0.25) is 4.79 Å². The van der Waals surface area contributed by atoms with Gasteiger partial charge in [-0.15, -0.1) is 0 Å². The van der Waals surface area contributed by atoms with Gasteiger partial charge in [-0.2, -0.15) is 0 Å². The molecule has 0 radical (unpaired) electrons. The van der Waals surface area contributed by atoms with Gasteiger partial charge in [-0.25, -0.2) is 0 Å². The minimum absolute atomic E-state index is 0.0730. The summed E-state index contributed by atoms with van der Waals surface area (Å²) in [5.41, 5.74) is 2.30. The number of aryl methyl sites for hydroxylation is 1. The molecule has 3 nitrogen and oxygen atoms in total. The van der Waals surface area contributed by atoms with Gasteiger partial charge in [0.2, 0.25) is 0 Å². The van der Waals surface area contributed by atoms with Crippen LogP contribution in [0.2, 0.25) is 0 Å². The molecule has 84 valence electrons. The average Bonchev–Trinajstić information content (AvgIpc) is 2.23. The Kier molecular flexibility index (Phi) is 2.46. The first kappa shape index (κ1) is 10.7. The largest absolute Gasteiger partial charge is 0.507 e. The van der Waals surface area contributed by atoms with Crippen molar-refractivity contribution in [2.24, 2.45) is 0 Å². The summed E-state index contributed by atoms with van der Waals surface area (Å²) < 4.78 is 0. The third-order valence-corrected chi connectivity index (χ3v) is 2.85. The zero-order chi connectivity index (χ0) is 11.9. The van der Waals surface area contributed by atoms with Crippen molar-refractivity contribution >= 4 is 10.9 Å². The lowest BCUT2D eigenvalue weighted by molar-refractivity contribution is 0.481. The molecule has 0 atom stereocenters. The predicted octanol–water partition coefficient (Wildman–Crippen LogP) is 2.67. The number of phenols is 1. The Morgan fingerprint density at radius 1 is 1.31 bits per heavy atom. The van der Waals surface area contributed by atoms with Crippen molar-refractivity contribution in [3.05, 3.63) is 39.7 Å². The first-order valence-corrected chi connectivity index (χ1v) is 5.36. The van der Waals surface area contributed by atoms with Gasteiger partial charge in [0.15, 0.2) is 0 Å². The van der Waals surface area contributed by atoms with Crippen LogP contribution in [0.1, 0.15) is 30.9 Å². The summed E-state index contributed by atoms with van der Waals surface area (Å²) >= 11 is 0. The van der Waals surface area contributed by atoms with Crippen molar-refractivity contribution < 1.29 is 5.11 Å². The average molecular weight is 217 g/mol. The highest BCUT2D eigenvalue weighted by Gasteiger charge is 2.10. The molecule has 0 aliphatic carbocycles. The van der Waals surface area contributed by atoms with E-state index in [1.54, 1.807) is 18.2 Å². The molecule has 0 spiro atoms. The monoisotopic (exact) mass is 217 g/mol. The predicted molar refractivity (Wildman–Crippen MR) is 65.1 cm³/mol. The second-order valence-corrected chi connectivity index (χ2v) is 4.40. The zero-order valence-corrected chi connectivity index (χ0v) is 9.66. The van der Waals surface area contributed by atoms with E-state index in [-0.39, 0.29) is 17.2 Å². The Hall–Kier alpha value is -1.77. The number of aromatic nitrogens is 1. The van der Waals surface area contributed by atoms with Crippen molar-refractivity contribution in [3.8, 4) is 5.75 Å². The quantitative estimate of drug-likeness (QED) is 0.771. The van der Waals surface area contributed by atoms with Crippen LogP contribution in [0.25, 0.3) is 10.9 Å². The standard InChI is InChI=1S/C13H15NO2/c1-7(2)9-6-10-11(15)5-4-8(3)12(10)14-13(9)16/h4-7,15H,1-3H3,(H,14,16). The molecule has 0 bridgehead atoms. The normalized spacial score (nSPS) is 11.2. The smallest absolute Gasteiger partial charge is 0.251 e. The molecule has 0 saturated heterocycles. The fourth-order valence-electron chi connectivity index (χ4n) is 1.87. The number of aromatic amines is 1. The fraction of sp³-hybridized carbons (Fsp3) is 0.308. The number of fused-ring (bicyclic) bond motifs is 1. The van der Waals surface area contributed by atoms with Crippen LogP contribution in [0.15, 0.2) is 23.0 Å². The van der Waals surface area contributed by atoms with Crippen LogP contribution in [0, 0.1) is 6.92 Å². The van der Waals surface area contributed by atoms with Gasteiger partial charge in [0.25, 0.3) is 5.56 Å². The zero-order valence-electron chi connectivity index (χ0n) is 9.66. The molecule has 0 aliphatic heterocycles. The molecule has 0 saturated carbocycles. The highest BCUT2D eigenvalue weighted by Crippen LogP contribution is 2.26. The summed E-state index contributed by atoms with van der Waals surface area (Å²) in [6, 6.07) is 5.23. The molecule has 2 aromatic rings. The second kappa shape index (κ2) is 3.67. The Bertz CT molecular complexity index is 597. The molecule has 16 heavy (non-hydrogen) atoms. The third kappa shape index (κ3) is 1.58. The van der Waals surface area contributed by atoms with Crippen molar-refractivity contribution in [2.45, 2.75) is 26.7 Å². The van der Waals surface area contributed by atoms with Crippen molar-refractivity contribution in [1.29, 1.82) is 0 Å². The fourth-order valence-corrected chi connectivity index (χ4v) is 1.87. The van der Waals surface area contributed by atoms with Crippen LogP contribution in [-0.4, -0.2) is 10.1 Å².